The Kier molecular flexibility index (Phi) is 6.41. The number of aryl methyl sites for hydroxylation is 1. The molecule has 0 unspecified atom stereocenters. The molecule has 2 aliphatic heterocycles. The number of ether oxygens (including phenoxy) is 1. The number of likely N-dealkylation sites (N-methyl/N-ethyl adjacent to an activating group) is 1. The van der Waals surface area contributed by atoms with Crippen molar-refractivity contribution in [2.75, 3.05) is 20.8 Å². The number of hydrogen-bond donors (Lipinski definition) is 1. The maximum atomic E-state index is 13.2. The number of hydroxylamine groups is 2. The summed E-state index contributed by atoms with van der Waals surface area (Å²) in [5, 5.41) is 3.68. The van der Waals surface area contributed by atoms with Crippen molar-refractivity contribution in [2.24, 2.45) is 0 Å². The summed E-state index contributed by atoms with van der Waals surface area (Å²) in [6.07, 6.45) is 1.34. The first-order valence-corrected chi connectivity index (χ1v) is 11.5. The molecule has 12 nitrogen and oxygen atoms in total. The zero-order chi connectivity index (χ0) is 25.5. The normalized spacial score (nSPS) is 20.5. The molecule has 1 aliphatic carbocycles. The number of esters is 1. The van der Waals surface area contributed by atoms with Crippen LogP contribution < -0.4 is 16.7 Å². The number of hydrogen-bond acceptors (Lipinski definition) is 7. The van der Waals surface area contributed by atoms with Gasteiger partial charge in [0.05, 0.1) is 25.4 Å². The molecule has 2 amide bonds. The molecule has 3 heterocycles. The molecule has 0 spiro atoms. The molecule has 3 aliphatic rings. The van der Waals surface area contributed by atoms with Crippen LogP contribution in [0.1, 0.15) is 44.7 Å². The monoisotopic (exact) mass is 487 g/mol. The van der Waals surface area contributed by atoms with Gasteiger partial charge in [0.15, 0.2) is 5.54 Å². The van der Waals surface area contributed by atoms with Crippen molar-refractivity contribution in [2.45, 2.75) is 57.2 Å². The van der Waals surface area contributed by atoms with E-state index in [9.17, 15) is 24.0 Å². The lowest BCUT2D eigenvalue weighted by Gasteiger charge is -2.37. The number of rotatable bonds is 9. The van der Waals surface area contributed by atoms with Crippen LogP contribution in [0.15, 0.2) is 33.9 Å². The Morgan fingerprint density at radius 1 is 1.17 bits per heavy atom. The molecule has 0 saturated heterocycles. The van der Waals surface area contributed by atoms with Crippen LogP contribution in [-0.2, 0) is 35.9 Å². The van der Waals surface area contributed by atoms with E-state index < -0.39 is 28.9 Å². The third kappa shape index (κ3) is 3.97. The van der Waals surface area contributed by atoms with E-state index in [4.69, 9.17) is 9.57 Å². The molecule has 1 N–H and O–H groups in total. The van der Waals surface area contributed by atoms with Crippen LogP contribution in [0.2, 0.25) is 0 Å². The Morgan fingerprint density at radius 2 is 1.83 bits per heavy atom. The van der Waals surface area contributed by atoms with E-state index >= 15 is 0 Å². The molecule has 35 heavy (non-hydrogen) atoms. The fraction of sp³-hybridized carbons (Fsp3) is 0.522. The predicted molar refractivity (Wildman–Crippen MR) is 123 cm³/mol. The number of aromatic nitrogens is 3. The van der Waals surface area contributed by atoms with Gasteiger partial charge >= 0.3 is 17.3 Å². The van der Waals surface area contributed by atoms with Crippen molar-refractivity contribution in [3.63, 3.8) is 0 Å². The van der Waals surface area contributed by atoms with Crippen LogP contribution in [0.3, 0.4) is 0 Å². The first kappa shape index (κ1) is 24.5. The molecule has 1 aromatic heterocycles. The quantitative estimate of drug-likeness (QED) is 0.385. The topological polar surface area (TPSA) is 134 Å². The van der Waals surface area contributed by atoms with Crippen LogP contribution >= 0.6 is 0 Å². The molecule has 188 valence electrons. The van der Waals surface area contributed by atoms with Gasteiger partial charge in [-0.3, -0.25) is 14.4 Å². The van der Waals surface area contributed by atoms with Crippen LogP contribution in [0.4, 0.5) is 0 Å². The lowest BCUT2D eigenvalue weighted by atomic mass is 9.74. The van der Waals surface area contributed by atoms with Crippen molar-refractivity contribution >= 4 is 17.8 Å². The molecule has 1 fully saturated rings. The van der Waals surface area contributed by atoms with Crippen LogP contribution in [-0.4, -0.2) is 63.6 Å². The molecule has 1 aromatic carbocycles. The van der Waals surface area contributed by atoms with E-state index in [0.29, 0.717) is 24.9 Å². The fourth-order valence-electron chi connectivity index (χ4n) is 4.80. The van der Waals surface area contributed by atoms with Gasteiger partial charge in [-0.2, -0.15) is 0 Å². The summed E-state index contributed by atoms with van der Waals surface area (Å²) in [6.45, 7) is 3.50. The van der Waals surface area contributed by atoms with Gasteiger partial charge in [-0.15, -0.1) is 0 Å². The van der Waals surface area contributed by atoms with E-state index in [-0.39, 0.29) is 30.9 Å². The summed E-state index contributed by atoms with van der Waals surface area (Å²) in [4.78, 5) is 68.0. The largest absolute Gasteiger partial charge is 0.464 e. The summed E-state index contributed by atoms with van der Waals surface area (Å²) in [6, 6.07) is 5.80. The second kappa shape index (κ2) is 9.17. The Labute approximate surface area is 200 Å². The average molecular weight is 488 g/mol. The van der Waals surface area contributed by atoms with Gasteiger partial charge in [0.1, 0.15) is 6.04 Å². The zero-order valence-electron chi connectivity index (χ0n) is 20.1. The third-order valence-electron chi connectivity index (χ3n) is 6.68. The minimum Gasteiger partial charge on any atom is -0.464 e. The van der Waals surface area contributed by atoms with Gasteiger partial charge in [0.2, 0.25) is 5.91 Å². The lowest BCUT2D eigenvalue weighted by molar-refractivity contribution is -0.182. The molecule has 0 radical (unpaired) electrons. The molecule has 2 bridgehead atoms. The van der Waals surface area contributed by atoms with Crippen LogP contribution in [0, 0.1) is 0 Å². The summed E-state index contributed by atoms with van der Waals surface area (Å²) in [7, 11) is 2.84. The average Bonchev–Trinajstić information content (AvgIpc) is 3.42. The van der Waals surface area contributed by atoms with Crippen LogP contribution in [0.5, 0.6) is 0 Å². The first-order chi connectivity index (χ1) is 16.6. The highest BCUT2D eigenvalue weighted by Gasteiger charge is 2.63. The molecular weight excluding hydrogens is 458 g/mol. The highest BCUT2D eigenvalue weighted by molar-refractivity contribution is 5.85. The molecule has 5 rings (SSSR count). The Bertz CT molecular complexity index is 1270. The second-order valence-electron chi connectivity index (χ2n) is 8.84. The van der Waals surface area contributed by atoms with E-state index in [1.807, 2.05) is 0 Å². The molecular formula is C23H29N5O7. The van der Waals surface area contributed by atoms with E-state index in [2.05, 4.69) is 5.32 Å². The van der Waals surface area contributed by atoms with Crippen molar-refractivity contribution < 1.29 is 24.0 Å². The van der Waals surface area contributed by atoms with Crippen molar-refractivity contribution in [1.29, 1.82) is 0 Å². The summed E-state index contributed by atoms with van der Waals surface area (Å²) >= 11 is 0. The highest BCUT2D eigenvalue weighted by atomic mass is 16.7. The number of carbonyl (C=O) groups excluding carboxylic acids is 3. The number of benzene rings is 1. The predicted octanol–water partition coefficient (Wildman–Crippen LogP) is -0.135. The number of carbonyl (C=O) groups is 3. The van der Waals surface area contributed by atoms with Gasteiger partial charge in [0.25, 0.3) is 5.91 Å². The standard InChI is InChI=1S/C23H29N5O7/c1-5-35-19(30)14(2)24-18(29)11-8-15-6-9-16(10-7-15)26-21(32)27-17-12-23(13-17,28(27)22(26)33)20(31)25(3)34-4/h6-7,9-10,14,17H,5,8,11-13H2,1-4H3,(H,24,29)/t14-,17?,23?/m0/s1. The number of nitrogens with zero attached hydrogens (tertiary/aromatic N) is 4. The summed E-state index contributed by atoms with van der Waals surface area (Å²) in [5.74, 6) is -1.15. The van der Waals surface area contributed by atoms with Gasteiger partial charge in [0, 0.05) is 26.3 Å². The SMILES string of the molecule is CCOC(=O)[C@H](C)NC(=O)CCc1ccc(-n2c(=O)n3n(c2=O)C2(C(=O)N(C)OC)CC3C2)cc1. The second-order valence-corrected chi connectivity index (χ2v) is 8.84. The minimum absolute atomic E-state index is 0.158. The number of nitrogens with one attached hydrogen (secondary N) is 1. The maximum absolute atomic E-state index is 13.2. The first-order valence-electron chi connectivity index (χ1n) is 11.5. The Morgan fingerprint density at radius 3 is 2.43 bits per heavy atom. The van der Waals surface area contributed by atoms with Crippen LogP contribution in [0.25, 0.3) is 5.69 Å². The summed E-state index contributed by atoms with van der Waals surface area (Å²) in [5.41, 5.74) is -0.977. The van der Waals surface area contributed by atoms with Crippen molar-refractivity contribution in [1.82, 2.24) is 24.3 Å². The van der Waals surface area contributed by atoms with E-state index in [1.165, 1.54) is 23.5 Å². The van der Waals surface area contributed by atoms with Crippen molar-refractivity contribution in [3.8, 4) is 5.69 Å². The zero-order valence-corrected chi connectivity index (χ0v) is 20.1. The summed E-state index contributed by atoms with van der Waals surface area (Å²) < 4.78 is 8.56. The fourth-order valence-corrected chi connectivity index (χ4v) is 4.80. The minimum atomic E-state index is -1.11. The van der Waals surface area contributed by atoms with E-state index in [1.54, 1.807) is 38.1 Å². The Balaban J connectivity index is 1.48. The molecule has 1 saturated carbocycles. The molecule has 2 aromatic rings. The van der Waals surface area contributed by atoms with E-state index in [0.717, 1.165) is 15.2 Å². The van der Waals surface area contributed by atoms with Crippen molar-refractivity contribution in [3.05, 3.63) is 50.8 Å². The Hall–Kier alpha value is -3.67. The van der Waals surface area contributed by atoms with Gasteiger partial charge in [-0.25, -0.2) is 33.4 Å². The molecule has 12 heteroatoms. The smallest absolute Gasteiger partial charge is 0.352 e. The highest BCUT2D eigenvalue weighted by Crippen LogP contribution is 2.52. The number of amides is 2. The maximum Gasteiger partial charge on any atom is 0.352 e. The molecule has 1 atom stereocenters. The lowest BCUT2D eigenvalue weighted by Crippen LogP contribution is -2.54. The van der Waals surface area contributed by atoms with Gasteiger partial charge in [-0.1, -0.05) is 12.1 Å². The van der Waals surface area contributed by atoms with Gasteiger partial charge < -0.3 is 10.1 Å². The van der Waals surface area contributed by atoms with Gasteiger partial charge in [-0.05, 0) is 38.0 Å². The third-order valence-corrected chi connectivity index (χ3v) is 6.68.